The maximum absolute atomic E-state index is 12.0. The van der Waals surface area contributed by atoms with Crippen molar-refractivity contribution >= 4 is 46.7 Å². The van der Waals surface area contributed by atoms with Crippen LogP contribution in [0.3, 0.4) is 0 Å². The Morgan fingerprint density at radius 2 is 1.73 bits per heavy atom. The highest BCUT2D eigenvalue weighted by atomic mass is 32.2. The standard InChI is InChI=1S/C17H20N4O4S/c1-10-8-15(21-25-10)20-17(24)11(2)26-9-16(23)19-14-6-4-13(5-7-14)18-12(3)22/h4-8,11H,9H2,1-3H3,(H,18,22)(H,19,23)(H,20,21,24). The van der Waals surface area contributed by atoms with Gasteiger partial charge in [0.15, 0.2) is 5.82 Å². The van der Waals surface area contributed by atoms with E-state index in [4.69, 9.17) is 4.52 Å². The lowest BCUT2D eigenvalue weighted by molar-refractivity contribution is -0.115. The molecule has 0 aliphatic carbocycles. The van der Waals surface area contributed by atoms with E-state index in [2.05, 4.69) is 21.1 Å². The van der Waals surface area contributed by atoms with Crippen molar-refractivity contribution < 1.29 is 18.9 Å². The third-order valence-corrected chi connectivity index (χ3v) is 4.34. The molecule has 8 nitrogen and oxygen atoms in total. The SMILES string of the molecule is CC(=O)Nc1ccc(NC(=O)CSC(C)C(=O)Nc2cc(C)on2)cc1. The van der Waals surface area contributed by atoms with Crippen LogP contribution in [0.5, 0.6) is 0 Å². The van der Waals surface area contributed by atoms with Crippen molar-refractivity contribution in [3.8, 4) is 0 Å². The molecule has 0 fully saturated rings. The summed E-state index contributed by atoms with van der Waals surface area (Å²) in [6.07, 6.45) is 0. The lowest BCUT2D eigenvalue weighted by Gasteiger charge is -2.11. The molecule has 0 bridgehead atoms. The van der Waals surface area contributed by atoms with Crippen LogP contribution < -0.4 is 16.0 Å². The van der Waals surface area contributed by atoms with Crippen molar-refractivity contribution in [3.63, 3.8) is 0 Å². The summed E-state index contributed by atoms with van der Waals surface area (Å²) in [5, 5.41) is 11.3. The van der Waals surface area contributed by atoms with Crippen LogP contribution in [0.4, 0.5) is 17.2 Å². The van der Waals surface area contributed by atoms with Gasteiger partial charge in [-0.15, -0.1) is 11.8 Å². The zero-order chi connectivity index (χ0) is 19.1. The van der Waals surface area contributed by atoms with Gasteiger partial charge in [-0.3, -0.25) is 14.4 Å². The fourth-order valence-electron chi connectivity index (χ4n) is 1.97. The molecule has 2 aromatic rings. The summed E-state index contributed by atoms with van der Waals surface area (Å²) < 4.78 is 4.88. The zero-order valence-corrected chi connectivity index (χ0v) is 15.5. The molecule has 0 saturated carbocycles. The molecule has 3 amide bonds. The van der Waals surface area contributed by atoms with Crippen molar-refractivity contribution in [2.75, 3.05) is 21.7 Å². The Kier molecular flexibility index (Phi) is 6.79. The molecule has 0 aliphatic rings. The van der Waals surface area contributed by atoms with Gasteiger partial charge in [-0.1, -0.05) is 5.16 Å². The van der Waals surface area contributed by atoms with Crippen LogP contribution >= 0.6 is 11.8 Å². The van der Waals surface area contributed by atoms with Crippen LogP contribution in [-0.2, 0) is 14.4 Å². The summed E-state index contributed by atoms with van der Waals surface area (Å²) in [5.74, 6) is 0.439. The molecule has 0 spiro atoms. The average Bonchev–Trinajstić information content (AvgIpc) is 2.98. The number of nitrogens with one attached hydrogen (secondary N) is 3. The first kappa shape index (κ1) is 19.5. The lowest BCUT2D eigenvalue weighted by Crippen LogP contribution is -2.25. The first-order chi connectivity index (χ1) is 12.3. The van der Waals surface area contributed by atoms with Crippen LogP contribution in [-0.4, -0.2) is 33.9 Å². The van der Waals surface area contributed by atoms with Gasteiger partial charge in [-0.05, 0) is 38.1 Å². The van der Waals surface area contributed by atoms with Crippen molar-refractivity contribution in [3.05, 3.63) is 36.1 Å². The topological polar surface area (TPSA) is 113 Å². The molecular formula is C17H20N4O4S. The molecule has 1 heterocycles. The first-order valence-electron chi connectivity index (χ1n) is 7.87. The van der Waals surface area contributed by atoms with Gasteiger partial charge < -0.3 is 20.5 Å². The number of carbonyl (C=O) groups excluding carboxylic acids is 3. The van der Waals surface area contributed by atoms with Gasteiger partial charge in [0.2, 0.25) is 17.7 Å². The fraction of sp³-hybridized carbons (Fsp3) is 0.294. The molecule has 0 radical (unpaired) electrons. The number of nitrogens with zero attached hydrogens (tertiary/aromatic N) is 1. The molecule has 1 aromatic heterocycles. The third-order valence-electron chi connectivity index (χ3n) is 3.20. The van der Waals surface area contributed by atoms with Crippen molar-refractivity contribution in [2.24, 2.45) is 0 Å². The number of benzene rings is 1. The zero-order valence-electron chi connectivity index (χ0n) is 14.7. The van der Waals surface area contributed by atoms with E-state index in [1.165, 1.54) is 18.7 Å². The van der Waals surface area contributed by atoms with Gasteiger partial charge in [0.05, 0.1) is 11.0 Å². The predicted octanol–water partition coefficient (Wildman–Crippen LogP) is 2.64. The number of hydrogen-bond acceptors (Lipinski definition) is 6. The molecule has 2 rings (SSSR count). The van der Waals surface area contributed by atoms with Crippen molar-refractivity contribution in [1.29, 1.82) is 0 Å². The summed E-state index contributed by atoms with van der Waals surface area (Å²) in [6.45, 7) is 4.87. The molecular weight excluding hydrogens is 356 g/mol. The lowest BCUT2D eigenvalue weighted by atomic mass is 10.3. The van der Waals surface area contributed by atoms with Gasteiger partial charge in [-0.2, -0.15) is 0 Å². The van der Waals surface area contributed by atoms with E-state index in [0.29, 0.717) is 23.0 Å². The predicted molar refractivity (Wildman–Crippen MR) is 101 cm³/mol. The van der Waals surface area contributed by atoms with E-state index >= 15 is 0 Å². The smallest absolute Gasteiger partial charge is 0.238 e. The minimum Gasteiger partial charge on any atom is -0.360 e. The van der Waals surface area contributed by atoms with E-state index in [1.807, 2.05) is 0 Å². The van der Waals surface area contributed by atoms with Crippen LogP contribution in [0.25, 0.3) is 0 Å². The summed E-state index contributed by atoms with van der Waals surface area (Å²) in [5.41, 5.74) is 1.26. The minimum absolute atomic E-state index is 0.125. The van der Waals surface area contributed by atoms with E-state index in [9.17, 15) is 14.4 Å². The minimum atomic E-state index is -0.431. The Labute approximate surface area is 155 Å². The highest BCUT2D eigenvalue weighted by Gasteiger charge is 2.16. The van der Waals surface area contributed by atoms with E-state index in [1.54, 1.807) is 44.2 Å². The van der Waals surface area contributed by atoms with Crippen molar-refractivity contribution in [1.82, 2.24) is 5.16 Å². The van der Waals surface area contributed by atoms with E-state index < -0.39 is 5.25 Å². The molecule has 1 atom stereocenters. The number of aromatic nitrogens is 1. The fourth-order valence-corrected chi connectivity index (χ4v) is 2.65. The third kappa shape index (κ3) is 6.25. The number of hydrogen-bond donors (Lipinski definition) is 3. The number of thioether (sulfide) groups is 1. The van der Waals surface area contributed by atoms with Crippen molar-refractivity contribution in [2.45, 2.75) is 26.0 Å². The molecule has 9 heteroatoms. The molecule has 138 valence electrons. The van der Waals surface area contributed by atoms with Crippen LogP contribution in [0.1, 0.15) is 19.6 Å². The summed E-state index contributed by atoms with van der Waals surface area (Å²) in [6, 6.07) is 8.39. The number of anilines is 3. The highest BCUT2D eigenvalue weighted by molar-refractivity contribution is 8.01. The Bertz CT molecular complexity index is 788. The van der Waals surface area contributed by atoms with E-state index in [-0.39, 0.29) is 23.5 Å². The van der Waals surface area contributed by atoms with Gasteiger partial charge in [0.1, 0.15) is 5.76 Å². The maximum atomic E-state index is 12.0. The van der Waals surface area contributed by atoms with Crippen LogP contribution in [0.2, 0.25) is 0 Å². The molecule has 1 unspecified atom stereocenters. The van der Waals surface area contributed by atoms with Gasteiger partial charge in [0.25, 0.3) is 0 Å². The summed E-state index contributed by atoms with van der Waals surface area (Å²) >= 11 is 1.21. The van der Waals surface area contributed by atoms with Gasteiger partial charge in [-0.25, -0.2) is 0 Å². The number of aryl methyl sites for hydroxylation is 1. The second-order valence-corrected chi connectivity index (χ2v) is 6.90. The van der Waals surface area contributed by atoms with Crippen LogP contribution in [0, 0.1) is 6.92 Å². The molecule has 3 N–H and O–H groups in total. The monoisotopic (exact) mass is 376 g/mol. The normalized spacial score (nSPS) is 11.5. The number of carbonyl (C=O) groups is 3. The highest BCUT2D eigenvalue weighted by Crippen LogP contribution is 2.16. The second kappa shape index (κ2) is 9.04. The Morgan fingerprint density at radius 1 is 1.12 bits per heavy atom. The molecule has 26 heavy (non-hydrogen) atoms. The maximum Gasteiger partial charge on any atom is 0.238 e. The Balaban J connectivity index is 1.76. The Morgan fingerprint density at radius 3 is 2.27 bits per heavy atom. The van der Waals surface area contributed by atoms with Crippen LogP contribution in [0.15, 0.2) is 34.9 Å². The Hall–Kier alpha value is -2.81. The summed E-state index contributed by atoms with van der Waals surface area (Å²) in [4.78, 5) is 35.0. The molecule has 0 saturated heterocycles. The van der Waals surface area contributed by atoms with E-state index in [0.717, 1.165) is 0 Å². The first-order valence-corrected chi connectivity index (χ1v) is 8.91. The number of amides is 3. The average molecular weight is 376 g/mol. The largest absolute Gasteiger partial charge is 0.360 e. The van der Waals surface area contributed by atoms with Gasteiger partial charge >= 0.3 is 0 Å². The van der Waals surface area contributed by atoms with Gasteiger partial charge in [0, 0.05) is 24.4 Å². The summed E-state index contributed by atoms with van der Waals surface area (Å²) in [7, 11) is 0. The molecule has 1 aromatic carbocycles. The molecule has 0 aliphatic heterocycles. The quantitative estimate of drug-likeness (QED) is 0.685. The number of rotatable bonds is 7. The second-order valence-electron chi connectivity index (χ2n) is 5.57.